The molecule has 2 N–H and O–H groups in total. The van der Waals surface area contributed by atoms with E-state index in [2.05, 4.69) is 5.32 Å². The molecule has 2 amide bonds. The van der Waals surface area contributed by atoms with Crippen LogP contribution in [0.3, 0.4) is 0 Å². The second kappa shape index (κ2) is 7.63. The van der Waals surface area contributed by atoms with Gasteiger partial charge < -0.3 is 20.1 Å². The molecule has 0 fully saturated rings. The van der Waals surface area contributed by atoms with E-state index >= 15 is 0 Å². The van der Waals surface area contributed by atoms with Crippen molar-refractivity contribution in [3.8, 4) is 5.75 Å². The number of hydrogen-bond donors (Lipinski definition) is 2. The number of carbonyl (C=O) groups excluding carboxylic acids is 1. The molecule has 5 nitrogen and oxygen atoms in total. The van der Waals surface area contributed by atoms with Crippen LogP contribution in [-0.4, -0.2) is 42.3 Å². The molecule has 0 radical (unpaired) electrons. The molecule has 0 heterocycles. The molecule has 0 saturated heterocycles. The van der Waals surface area contributed by atoms with E-state index in [1.165, 1.54) is 0 Å². The quantitative estimate of drug-likeness (QED) is 0.830. The first-order valence-corrected chi connectivity index (χ1v) is 6.52. The molecule has 0 aromatic heterocycles. The topological polar surface area (TPSA) is 61.8 Å². The summed E-state index contributed by atoms with van der Waals surface area (Å²) in [6, 6.07) is 5.34. The number of anilines is 1. The monoisotopic (exact) mass is 266 g/mol. The van der Waals surface area contributed by atoms with Crippen LogP contribution in [0.1, 0.15) is 19.4 Å². The zero-order valence-electron chi connectivity index (χ0n) is 11.8. The normalized spacial score (nSPS) is 10.1. The lowest BCUT2D eigenvalue weighted by atomic mass is 10.2. The van der Waals surface area contributed by atoms with Crippen molar-refractivity contribution in [1.29, 1.82) is 0 Å². The van der Waals surface area contributed by atoms with Crippen LogP contribution in [0.5, 0.6) is 5.75 Å². The third-order valence-corrected chi connectivity index (χ3v) is 2.79. The minimum absolute atomic E-state index is 0.0382. The molecule has 0 unspecified atom stereocenters. The summed E-state index contributed by atoms with van der Waals surface area (Å²) in [5, 5.41) is 11.7. The molecule has 0 spiro atoms. The molecule has 1 aromatic carbocycles. The van der Waals surface area contributed by atoms with Gasteiger partial charge in [-0.15, -0.1) is 0 Å². The average molecular weight is 266 g/mol. The number of rotatable bonds is 6. The summed E-state index contributed by atoms with van der Waals surface area (Å²) in [5.41, 5.74) is 1.70. The number of nitrogens with zero attached hydrogens (tertiary/aromatic N) is 1. The van der Waals surface area contributed by atoms with Crippen molar-refractivity contribution in [2.75, 3.05) is 31.6 Å². The van der Waals surface area contributed by atoms with Crippen molar-refractivity contribution in [3.05, 3.63) is 23.8 Å². The van der Waals surface area contributed by atoms with Crippen LogP contribution >= 0.6 is 0 Å². The molecule has 0 atom stereocenters. The van der Waals surface area contributed by atoms with E-state index in [0.717, 1.165) is 17.0 Å². The summed E-state index contributed by atoms with van der Waals surface area (Å²) in [6.07, 6.45) is 0. The van der Waals surface area contributed by atoms with Gasteiger partial charge in [0.2, 0.25) is 0 Å². The molecule has 19 heavy (non-hydrogen) atoms. The molecule has 0 aliphatic carbocycles. The van der Waals surface area contributed by atoms with E-state index in [0.29, 0.717) is 19.7 Å². The third-order valence-electron chi connectivity index (χ3n) is 2.79. The zero-order chi connectivity index (χ0) is 14.3. The highest BCUT2D eigenvalue weighted by Gasteiger charge is 2.12. The van der Waals surface area contributed by atoms with Crippen molar-refractivity contribution in [3.63, 3.8) is 0 Å². The van der Waals surface area contributed by atoms with Gasteiger partial charge >= 0.3 is 6.03 Å². The molecule has 0 bridgehead atoms. The van der Waals surface area contributed by atoms with E-state index in [1.54, 1.807) is 4.90 Å². The van der Waals surface area contributed by atoms with Crippen LogP contribution in [0.25, 0.3) is 0 Å². The van der Waals surface area contributed by atoms with Crippen LogP contribution in [0.4, 0.5) is 10.5 Å². The Labute approximate surface area is 114 Å². The second-order valence-electron chi connectivity index (χ2n) is 4.14. The largest absolute Gasteiger partial charge is 0.494 e. The van der Waals surface area contributed by atoms with Crippen LogP contribution < -0.4 is 10.1 Å². The highest BCUT2D eigenvalue weighted by Crippen LogP contribution is 2.21. The van der Waals surface area contributed by atoms with E-state index in [4.69, 9.17) is 9.84 Å². The van der Waals surface area contributed by atoms with Gasteiger partial charge in [0.1, 0.15) is 5.75 Å². The van der Waals surface area contributed by atoms with Gasteiger partial charge in [-0.3, -0.25) is 0 Å². The van der Waals surface area contributed by atoms with E-state index < -0.39 is 0 Å². The van der Waals surface area contributed by atoms with Gasteiger partial charge in [-0.05, 0) is 44.5 Å². The average Bonchev–Trinajstić information content (AvgIpc) is 2.39. The Morgan fingerprint density at radius 2 is 2.16 bits per heavy atom. The number of likely N-dealkylation sites (N-methyl/N-ethyl adjacent to an activating group) is 1. The van der Waals surface area contributed by atoms with Gasteiger partial charge in [-0.25, -0.2) is 4.79 Å². The van der Waals surface area contributed by atoms with Gasteiger partial charge in [0.25, 0.3) is 0 Å². The fourth-order valence-corrected chi connectivity index (χ4v) is 1.75. The van der Waals surface area contributed by atoms with Crippen molar-refractivity contribution >= 4 is 11.7 Å². The van der Waals surface area contributed by atoms with Gasteiger partial charge in [0, 0.05) is 18.8 Å². The predicted octanol–water partition coefficient (Wildman–Crippen LogP) is 2.24. The molecule has 0 saturated carbocycles. The molecule has 106 valence electrons. The van der Waals surface area contributed by atoms with Gasteiger partial charge in [0.05, 0.1) is 13.2 Å². The van der Waals surface area contributed by atoms with Crippen LogP contribution in [-0.2, 0) is 0 Å². The minimum atomic E-state index is -0.205. The number of urea groups is 1. The van der Waals surface area contributed by atoms with E-state index in [9.17, 15) is 4.79 Å². The van der Waals surface area contributed by atoms with E-state index in [-0.39, 0.29) is 12.6 Å². The second-order valence-corrected chi connectivity index (χ2v) is 4.14. The first-order valence-electron chi connectivity index (χ1n) is 6.52. The highest BCUT2D eigenvalue weighted by molar-refractivity contribution is 5.90. The maximum Gasteiger partial charge on any atom is 0.321 e. The molecule has 1 rings (SSSR count). The summed E-state index contributed by atoms with van der Waals surface area (Å²) >= 11 is 0. The number of hydrogen-bond acceptors (Lipinski definition) is 3. The maximum atomic E-state index is 12.0. The number of carbonyl (C=O) groups is 1. The van der Waals surface area contributed by atoms with Crippen LogP contribution in [0.15, 0.2) is 18.2 Å². The first-order chi connectivity index (χ1) is 9.12. The fraction of sp³-hybridized carbons (Fsp3) is 0.500. The summed E-state index contributed by atoms with van der Waals surface area (Å²) in [4.78, 5) is 13.5. The predicted molar refractivity (Wildman–Crippen MR) is 75.7 cm³/mol. The molecule has 0 aliphatic rings. The smallest absolute Gasteiger partial charge is 0.321 e. The Balaban J connectivity index is 2.73. The van der Waals surface area contributed by atoms with Crippen molar-refractivity contribution in [2.45, 2.75) is 20.8 Å². The Bertz CT molecular complexity index is 421. The van der Waals surface area contributed by atoms with Gasteiger partial charge in [-0.1, -0.05) is 0 Å². The van der Waals surface area contributed by atoms with Gasteiger partial charge in [0.15, 0.2) is 0 Å². The number of nitrogens with one attached hydrogen (secondary N) is 1. The molecular weight excluding hydrogens is 244 g/mol. The number of ether oxygens (including phenoxy) is 1. The lowest BCUT2D eigenvalue weighted by Gasteiger charge is -2.21. The van der Waals surface area contributed by atoms with Crippen LogP contribution in [0, 0.1) is 6.92 Å². The van der Waals surface area contributed by atoms with Crippen molar-refractivity contribution in [1.82, 2.24) is 4.90 Å². The standard InChI is InChI=1S/C14H22N2O3/c1-4-16(8-9-17)14(18)15-13-7-6-12(19-5-2)10-11(13)3/h6-7,10,17H,4-5,8-9H2,1-3H3,(H,15,18). The third kappa shape index (κ3) is 4.44. The maximum absolute atomic E-state index is 12.0. The number of amides is 2. The van der Waals surface area contributed by atoms with Gasteiger partial charge in [-0.2, -0.15) is 0 Å². The number of aliphatic hydroxyl groups is 1. The lowest BCUT2D eigenvalue weighted by molar-refractivity contribution is 0.192. The van der Waals surface area contributed by atoms with Crippen molar-refractivity contribution in [2.24, 2.45) is 0 Å². The Morgan fingerprint density at radius 3 is 2.68 bits per heavy atom. The summed E-state index contributed by atoms with van der Waals surface area (Å²) in [5.74, 6) is 0.792. The van der Waals surface area contributed by atoms with Crippen LogP contribution in [0.2, 0.25) is 0 Å². The number of aryl methyl sites for hydroxylation is 1. The SMILES string of the molecule is CCOc1ccc(NC(=O)N(CC)CCO)c(C)c1. The fourth-order valence-electron chi connectivity index (χ4n) is 1.75. The summed E-state index contributed by atoms with van der Waals surface area (Å²) in [7, 11) is 0. The number of aliphatic hydroxyl groups excluding tert-OH is 1. The Hall–Kier alpha value is -1.75. The summed E-state index contributed by atoms with van der Waals surface area (Å²) < 4.78 is 5.40. The summed E-state index contributed by atoms with van der Waals surface area (Å²) in [6.45, 7) is 7.19. The lowest BCUT2D eigenvalue weighted by Crippen LogP contribution is -2.36. The van der Waals surface area contributed by atoms with Crippen molar-refractivity contribution < 1.29 is 14.6 Å². The Kier molecular flexibility index (Phi) is 6.15. The van der Waals surface area contributed by atoms with E-state index in [1.807, 2.05) is 39.0 Å². The Morgan fingerprint density at radius 1 is 1.42 bits per heavy atom. The molecule has 1 aromatic rings. The molecule has 0 aliphatic heterocycles. The highest BCUT2D eigenvalue weighted by atomic mass is 16.5. The zero-order valence-corrected chi connectivity index (χ0v) is 11.8. The number of benzene rings is 1. The first kappa shape index (κ1) is 15.3. The molecule has 5 heteroatoms. The molecular formula is C14H22N2O3. The minimum Gasteiger partial charge on any atom is -0.494 e.